The molecule has 216 valence electrons. The maximum absolute atomic E-state index is 12.9. The number of hydrogen-bond acceptors (Lipinski definition) is 10. The molecule has 3 aromatic rings. The van der Waals surface area contributed by atoms with Crippen molar-refractivity contribution < 1.29 is 33.7 Å². The summed E-state index contributed by atoms with van der Waals surface area (Å²) in [5.41, 5.74) is -0.265. The van der Waals surface area contributed by atoms with Gasteiger partial charge in [-0.15, -0.1) is 0 Å². The summed E-state index contributed by atoms with van der Waals surface area (Å²) in [5.74, 6) is -1.29. The molecule has 0 saturated carbocycles. The Hall–Kier alpha value is -4.47. The summed E-state index contributed by atoms with van der Waals surface area (Å²) in [4.78, 5) is 59.8. The van der Waals surface area contributed by atoms with Gasteiger partial charge in [-0.3, -0.25) is 39.5 Å². The van der Waals surface area contributed by atoms with Gasteiger partial charge in [-0.25, -0.2) is 0 Å². The molecule has 0 aromatic heterocycles. The van der Waals surface area contributed by atoms with Gasteiger partial charge in [0.25, 0.3) is 16.8 Å². The topological polar surface area (TPSA) is 171 Å². The molecular weight excluding hydrogens is 660 g/mol. The predicted octanol–water partition coefficient (Wildman–Crippen LogP) is 6.78. The zero-order valence-corrected chi connectivity index (χ0v) is 24.5. The van der Waals surface area contributed by atoms with Gasteiger partial charge in [0, 0.05) is 16.2 Å². The van der Waals surface area contributed by atoms with Crippen molar-refractivity contribution in [2.75, 3.05) is 18.5 Å². The lowest BCUT2D eigenvalue weighted by Crippen LogP contribution is -2.36. The van der Waals surface area contributed by atoms with Crippen LogP contribution >= 0.6 is 39.3 Å². The molecule has 3 amide bonds. The second-order valence-corrected chi connectivity index (χ2v) is 10.6. The average molecular weight is 678 g/mol. The first-order chi connectivity index (χ1) is 20.0. The zero-order chi connectivity index (χ0) is 30.6. The fourth-order valence-electron chi connectivity index (χ4n) is 3.64. The van der Waals surface area contributed by atoms with Gasteiger partial charge in [0.2, 0.25) is 11.7 Å². The molecule has 0 bridgehead atoms. The number of nitro groups is 2. The molecule has 13 nitrogen and oxygen atoms in total. The first-order valence-corrected chi connectivity index (χ1v) is 13.8. The van der Waals surface area contributed by atoms with Gasteiger partial charge in [-0.1, -0.05) is 17.7 Å². The third kappa shape index (κ3) is 7.05. The minimum atomic E-state index is -0.804. The number of anilines is 1. The first kappa shape index (κ1) is 30.5. The Morgan fingerprint density at radius 1 is 1.05 bits per heavy atom. The number of carbonyl (C=O) groups is 3. The number of thioether (sulfide) groups is 1. The highest BCUT2D eigenvalue weighted by molar-refractivity contribution is 9.10. The Labute approximate surface area is 254 Å². The van der Waals surface area contributed by atoms with Gasteiger partial charge in [-0.2, -0.15) is 0 Å². The summed E-state index contributed by atoms with van der Waals surface area (Å²) >= 11 is 9.94. The summed E-state index contributed by atoms with van der Waals surface area (Å²) in [6, 6.07) is 12.2. The fourth-order valence-corrected chi connectivity index (χ4v) is 4.90. The smallest absolute Gasteiger partial charge is 0.318 e. The summed E-state index contributed by atoms with van der Waals surface area (Å²) in [7, 11) is 0. The minimum absolute atomic E-state index is 0.0570. The highest BCUT2D eigenvalue weighted by atomic mass is 79.9. The number of nitrogens with one attached hydrogen (secondary N) is 1. The molecule has 1 aliphatic rings. The second-order valence-electron chi connectivity index (χ2n) is 8.35. The van der Waals surface area contributed by atoms with Crippen LogP contribution in [0.5, 0.6) is 17.2 Å². The van der Waals surface area contributed by atoms with Crippen LogP contribution in [0.1, 0.15) is 12.5 Å². The fraction of sp³-hybridized carbons (Fsp3) is 0.115. The van der Waals surface area contributed by atoms with Gasteiger partial charge < -0.3 is 14.8 Å². The number of nitrogens with zero attached hydrogens (tertiary/aromatic N) is 3. The van der Waals surface area contributed by atoms with E-state index in [0.717, 1.165) is 23.1 Å². The average Bonchev–Trinajstić information content (AvgIpc) is 3.19. The number of imide groups is 1. The van der Waals surface area contributed by atoms with E-state index in [9.17, 15) is 34.6 Å². The van der Waals surface area contributed by atoms with Crippen molar-refractivity contribution in [3.8, 4) is 17.2 Å². The van der Waals surface area contributed by atoms with Crippen LogP contribution in [0.4, 0.5) is 21.9 Å². The lowest BCUT2D eigenvalue weighted by molar-refractivity contribution is -0.394. The number of ether oxygens (including phenoxy) is 2. The Morgan fingerprint density at radius 2 is 1.79 bits per heavy atom. The van der Waals surface area contributed by atoms with E-state index < -0.39 is 44.8 Å². The molecule has 0 spiro atoms. The number of carbonyl (C=O) groups excluding carboxylic acids is 3. The molecule has 0 unspecified atom stereocenters. The van der Waals surface area contributed by atoms with E-state index in [1.165, 1.54) is 30.3 Å². The van der Waals surface area contributed by atoms with Crippen LogP contribution in [0.2, 0.25) is 5.02 Å². The Morgan fingerprint density at radius 3 is 2.45 bits per heavy atom. The van der Waals surface area contributed by atoms with Gasteiger partial charge in [0.05, 0.1) is 32.4 Å². The minimum Gasteiger partial charge on any atom is -0.490 e. The highest BCUT2D eigenvalue weighted by Crippen LogP contribution is 2.40. The normalized spacial score (nSPS) is 13.8. The van der Waals surface area contributed by atoms with Gasteiger partial charge in [0.15, 0.2) is 11.5 Å². The number of non-ortho nitro benzene ring substituents is 1. The maximum atomic E-state index is 12.9. The van der Waals surface area contributed by atoms with Crippen LogP contribution in [0.3, 0.4) is 0 Å². The van der Waals surface area contributed by atoms with Gasteiger partial charge in [0.1, 0.15) is 6.54 Å². The van der Waals surface area contributed by atoms with Crippen molar-refractivity contribution in [3.63, 3.8) is 0 Å². The Bertz CT molecular complexity index is 1670. The van der Waals surface area contributed by atoms with Crippen LogP contribution in [0.15, 0.2) is 64.0 Å². The molecule has 3 aromatic carbocycles. The van der Waals surface area contributed by atoms with E-state index in [1.807, 2.05) is 0 Å². The molecule has 1 N–H and O–H groups in total. The molecule has 16 heteroatoms. The van der Waals surface area contributed by atoms with Crippen LogP contribution in [-0.2, 0) is 9.59 Å². The quantitative estimate of drug-likeness (QED) is 0.137. The number of hydrogen-bond donors (Lipinski definition) is 1. The van der Waals surface area contributed by atoms with E-state index in [-0.39, 0.29) is 28.8 Å². The van der Waals surface area contributed by atoms with E-state index in [4.69, 9.17) is 21.1 Å². The molecular formula is C26H18BrClN4O9S. The summed E-state index contributed by atoms with van der Waals surface area (Å²) in [6.07, 6.45) is 1.43. The molecule has 42 heavy (non-hydrogen) atoms. The van der Waals surface area contributed by atoms with E-state index in [0.29, 0.717) is 32.5 Å². The van der Waals surface area contributed by atoms with Crippen molar-refractivity contribution in [2.24, 2.45) is 0 Å². The largest absolute Gasteiger partial charge is 0.490 e. The van der Waals surface area contributed by atoms with Gasteiger partial charge in [-0.05, 0) is 82.7 Å². The Balaban J connectivity index is 1.52. The standard InChI is InChI=1S/C26H18BrClN4O9S/c1-2-40-22-9-14(3-7-21(22)41-20-8-5-16(31(36)37)12-19(20)32(38)39)10-23-25(34)30(26(35)42-23)13-24(33)29-15-4-6-17(27)18(28)11-15/h3-12H,2,13H2,1H3,(H,29,33)/b23-10+. The first-order valence-electron chi connectivity index (χ1n) is 11.8. The molecule has 4 rings (SSSR count). The summed E-state index contributed by atoms with van der Waals surface area (Å²) in [6.45, 7) is 1.38. The number of benzene rings is 3. The van der Waals surface area contributed by atoms with Crippen molar-refractivity contribution in [2.45, 2.75) is 6.92 Å². The second kappa shape index (κ2) is 13.0. The number of rotatable bonds is 10. The van der Waals surface area contributed by atoms with Crippen molar-refractivity contribution in [1.82, 2.24) is 4.90 Å². The maximum Gasteiger partial charge on any atom is 0.318 e. The number of nitro benzene ring substituents is 2. The van der Waals surface area contributed by atoms with E-state index in [1.54, 1.807) is 19.1 Å². The van der Waals surface area contributed by atoms with Crippen LogP contribution in [0.25, 0.3) is 6.08 Å². The van der Waals surface area contributed by atoms with Crippen LogP contribution in [0, 0.1) is 20.2 Å². The highest BCUT2D eigenvalue weighted by Gasteiger charge is 2.36. The van der Waals surface area contributed by atoms with Crippen molar-refractivity contribution in [1.29, 1.82) is 0 Å². The lowest BCUT2D eigenvalue weighted by atomic mass is 10.1. The molecule has 0 aliphatic carbocycles. The number of amides is 3. The molecule has 1 aliphatic heterocycles. The third-order valence-corrected chi connectivity index (χ3v) is 7.65. The third-order valence-electron chi connectivity index (χ3n) is 5.51. The predicted molar refractivity (Wildman–Crippen MR) is 158 cm³/mol. The van der Waals surface area contributed by atoms with Crippen LogP contribution in [-0.4, -0.2) is 45.0 Å². The lowest BCUT2D eigenvalue weighted by Gasteiger charge is -2.13. The molecule has 1 fully saturated rings. The van der Waals surface area contributed by atoms with Crippen molar-refractivity contribution in [3.05, 3.63) is 94.8 Å². The monoisotopic (exact) mass is 676 g/mol. The molecule has 0 radical (unpaired) electrons. The zero-order valence-electron chi connectivity index (χ0n) is 21.4. The number of halogens is 2. The summed E-state index contributed by atoms with van der Waals surface area (Å²) in [5, 5.41) is 24.8. The molecule has 1 saturated heterocycles. The molecule has 1 heterocycles. The Kier molecular flexibility index (Phi) is 9.45. The summed E-state index contributed by atoms with van der Waals surface area (Å²) < 4.78 is 11.9. The van der Waals surface area contributed by atoms with Crippen molar-refractivity contribution >= 4 is 79.5 Å². The molecule has 0 atom stereocenters. The van der Waals surface area contributed by atoms with Gasteiger partial charge >= 0.3 is 5.69 Å². The van der Waals surface area contributed by atoms with E-state index in [2.05, 4.69) is 21.2 Å². The van der Waals surface area contributed by atoms with Crippen LogP contribution < -0.4 is 14.8 Å². The van der Waals surface area contributed by atoms with E-state index >= 15 is 0 Å². The SMILES string of the molecule is CCOc1cc(/C=C2/SC(=O)N(CC(=O)Nc3ccc(Br)c(Cl)c3)C2=O)ccc1Oc1ccc([N+](=O)[O-])cc1[N+](=O)[O-].